The highest BCUT2D eigenvalue weighted by Gasteiger charge is 2.18. The van der Waals surface area contributed by atoms with Crippen molar-refractivity contribution >= 4 is 11.4 Å². The number of anilines is 2. The van der Waals surface area contributed by atoms with E-state index in [9.17, 15) is 5.11 Å². The fourth-order valence-electron chi connectivity index (χ4n) is 1.87. The van der Waals surface area contributed by atoms with E-state index < -0.39 is 5.60 Å². The minimum absolute atomic E-state index is 0.619. The zero-order valence-electron chi connectivity index (χ0n) is 10.6. The second kappa shape index (κ2) is 4.74. The quantitative estimate of drug-likeness (QED) is 0.768. The van der Waals surface area contributed by atoms with Crippen molar-refractivity contribution in [1.29, 1.82) is 0 Å². The molecule has 0 aliphatic rings. The molecule has 0 aromatic heterocycles. The summed E-state index contributed by atoms with van der Waals surface area (Å²) in [5, 5.41) is 9.86. The smallest absolute Gasteiger partial charge is 0.0765 e. The lowest BCUT2D eigenvalue weighted by Gasteiger charge is -2.31. The van der Waals surface area contributed by atoms with E-state index >= 15 is 0 Å². The number of aryl methyl sites for hydroxylation is 1. The monoisotopic (exact) mass is 222 g/mol. The summed E-state index contributed by atoms with van der Waals surface area (Å²) in [6.45, 7) is 9.26. The van der Waals surface area contributed by atoms with Gasteiger partial charge in [0.25, 0.3) is 0 Å². The standard InChI is InChI=1S/C13H22N2O/c1-5-15(9-13(3,4)16)12-7-6-11(14)8-10(12)2/h6-8,16H,5,9,14H2,1-4H3. The summed E-state index contributed by atoms with van der Waals surface area (Å²) < 4.78 is 0. The molecule has 0 spiro atoms. The van der Waals surface area contributed by atoms with Crippen LogP contribution in [0.2, 0.25) is 0 Å². The van der Waals surface area contributed by atoms with Crippen molar-refractivity contribution in [2.24, 2.45) is 0 Å². The molecule has 1 aromatic rings. The van der Waals surface area contributed by atoms with Gasteiger partial charge in [0.2, 0.25) is 0 Å². The van der Waals surface area contributed by atoms with Crippen LogP contribution in [0.25, 0.3) is 0 Å². The molecule has 0 amide bonds. The van der Waals surface area contributed by atoms with Gasteiger partial charge in [0.15, 0.2) is 0 Å². The molecule has 1 aromatic carbocycles. The number of hydrogen-bond acceptors (Lipinski definition) is 3. The molecular formula is C13H22N2O. The molecular weight excluding hydrogens is 200 g/mol. The molecule has 90 valence electrons. The zero-order valence-corrected chi connectivity index (χ0v) is 10.6. The first kappa shape index (κ1) is 12.8. The van der Waals surface area contributed by atoms with Crippen LogP contribution in [-0.2, 0) is 0 Å². The maximum atomic E-state index is 9.86. The van der Waals surface area contributed by atoms with Crippen LogP contribution in [-0.4, -0.2) is 23.8 Å². The van der Waals surface area contributed by atoms with Crippen LogP contribution in [0.5, 0.6) is 0 Å². The Balaban J connectivity index is 2.95. The molecule has 0 saturated heterocycles. The molecule has 0 atom stereocenters. The minimum atomic E-state index is -0.691. The van der Waals surface area contributed by atoms with E-state index in [0.29, 0.717) is 6.54 Å². The third kappa shape index (κ3) is 3.42. The fourth-order valence-corrected chi connectivity index (χ4v) is 1.87. The molecule has 0 fully saturated rings. The van der Waals surface area contributed by atoms with Crippen LogP contribution >= 0.6 is 0 Å². The number of hydrogen-bond donors (Lipinski definition) is 2. The van der Waals surface area contributed by atoms with Gasteiger partial charge in [-0.1, -0.05) is 0 Å². The summed E-state index contributed by atoms with van der Waals surface area (Å²) in [6, 6.07) is 5.87. The molecule has 0 heterocycles. The van der Waals surface area contributed by atoms with E-state index in [2.05, 4.69) is 11.8 Å². The lowest BCUT2D eigenvalue weighted by Crippen LogP contribution is -2.38. The van der Waals surface area contributed by atoms with Crippen LogP contribution in [0.15, 0.2) is 18.2 Å². The first-order valence-electron chi connectivity index (χ1n) is 5.67. The highest BCUT2D eigenvalue weighted by molar-refractivity contribution is 5.59. The Morgan fingerprint density at radius 1 is 1.38 bits per heavy atom. The van der Waals surface area contributed by atoms with Gasteiger partial charge in [-0.25, -0.2) is 0 Å². The molecule has 3 heteroatoms. The third-order valence-corrected chi connectivity index (χ3v) is 2.52. The number of nitrogens with two attached hydrogens (primary N) is 1. The zero-order chi connectivity index (χ0) is 12.3. The SMILES string of the molecule is CCN(CC(C)(C)O)c1ccc(N)cc1C. The van der Waals surface area contributed by atoms with E-state index in [1.54, 1.807) is 0 Å². The molecule has 0 aliphatic heterocycles. The minimum Gasteiger partial charge on any atom is -0.399 e. The average molecular weight is 222 g/mol. The average Bonchev–Trinajstić information content (AvgIpc) is 2.13. The van der Waals surface area contributed by atoms with Gasteiger partial charge in [0.05, 0.1) is 5.60 Å². The number of benzene rings is 1. The molecule has 0 unspecified atom stereocenters. The number of aliphatic hydroxyl groups is 1. The fraction of sp³-hybridized carbons (Fsp3) is 0.538. The van der Waals surface area contributed by atoms with Gasteiger partial charge < -0.3 is 15.7 Å². The summed E-state index contributed by atoms with van der Waals surface area (Å²) in [7, 11) is 0. The van der Waals surface area contributed by atoms with E-state index in [1.807, 2.05) is 39.0 Å². The van der Waals surface area contributed by atoms with Gasteiger partial charge in [-0.3, -0.25) is 0 Å². The molecule has 0 aliphatic carbocycles. The van der Waals surface area contributed by atoms with Crippen molar-refractivity contribution in [1.82, 2.24) is 0 Å². The van der Waals surface area contributed by atoms with Crippen LogP contribution in [0.3, 0.4) is 0 Å². The van der Waals surface area contributed by atoms with Gasteiger partial charge in [-0.2, -0.15) is 0 Å². The number of likely N-dealkylation sites (N-methyl/N-ethyl adjacent to an activating group) is 1. The van der Waals surface area contributed by atoms with Crippen LogP contribution in [0.4, 0.5) is 11.4 Å². The largest absolute Gasteiger partial charge is 0.399 e. The Morgan fingerprint density at radius 2 is 2.00 bits per heavy atom. The Kier molecular flexibility index (Phi) is 3.81. The van der Waals surface area contributed by atoms with Gasteiger partial charge in [-0.15, -0.1) is 0 Å². The van der Waals surface area contributed by atoms with Crippen molar-refractivity contribution < 1.29 is 5.11 Å². The van der Waals surface area contributed by atoms with Crippen molar-refractivity contribution in [3.05, 3.63) is 23.8 Å². The van der Waals surface area contributed by atoms with Crippen molar-refractivity contribution in [3.8, 4) is 0 Å². The maximum absolute atomic E-state index is 9.86. The predicted octanol–water partition coefficient (Wildman–Crippen LogP) is 2.17. The van der Waals surface area contributed by atoms with Crippen LogP contribution in [0, 0.1) is 6.92 Å². The van der Waals surface area contributed by atoms with Gasteiger partial charge in [0.1, 0.15) is 0 Å². The van der Waals surface area contributed by atoms with E-state index in [1.165, 1.54) is 0 Å². The Bertz CT molecular complexity index is 355. The molecule has 0 radical (unpaired) electrons. The lowest BCUT2D eigenvalue weighted by molar-refractivity contribution is 0.0876. The normalized spacial score (nSPS) is 11.6. The third-order valence-electron chi connectivity index (χ3n) is 2.52. The van der Waals surface area contributed by atoms with E-state index in [0.717, 1.165) is 23.5 Å². The maximum Gasteiger partial charge on any atom is 0.0765 e. The van der Waals surface area contributed by atoms with Gasteiger partial charge in [-0.05, 0) is 51.5 Å². The Hall–Kier alpha value is -1.22. The number of nitrogen functional groups attached to an aromatic ring is 1. The Labute approximate surface area is 97.9 Å². The summed E-state index contributed by atoms with van der Waals surface area (Å²) in [5.74, 6) is 0. The highest BCUT2D eigenvalue weighted by Crippen LogP contribution is 2.23. The van der Waals surface area contributed by atoms with Crippen molar-refractivity contribution in [3.63, 3.8) is 0 Å². The second-order valence-corrected chi connectivity index (χ2v) is 4.87. The Morgan fingerprint density at radius 3 is 2.44 bits per heavy atom. The second-order valence-electron chi connectivity index (χ2n) is 4.87. The number of nitrogens with zero attached hydrogens (tertiary/aromatic N) is 1. The van der Waals surface area contributed by atoms with Crippen molar-refractivity contribution in [2.75, 3.05) is 23.7 Å². The highest BCUT2D eigenvalue weighted by atomic mass is 16.3. The molecule has 0 saturated carbocycles. The van der Waals surface area contributed by atoms with E-state index in [4.69, 9.17) is 5.73 Å². The van der Waals surface area contributed by atoms with E-state index in [-0.39, 0.29) is 0 Å². The molecule has 3 nitrogen and oxygen atoms in total. The van der Waals surface area contributed by atoms with Gasteiger partial charge in [0, 0.05) is 24.5 Å². The summed E-state index contributed by atoms with van der Waals surface area (Å²) in [6.07, 6.45) is 0. The first-order valence-corrected chi connectivity index (χ1v) is 5.67. The summed E-state index contributed by atoms with van der Waals surface area (Å²) >= 11 is 0. The van der Waals surface area contributed by atoms with Gasteiger partial charge >= 0.3 is 0 Å². The predicted molar refractivity (Wildman–Crippen MR) is 69.8 cm³/mol. The van der Waals surface area contributed by atoms with Crippen LogP contribution in [0.1, 0.15) is 26.3 Å². The summed E-state index contributed by atoms with van der Waals surface area (Å²) in [4.78, 5) is 2.16. The molecule has 16 heavy (non-hydrogen) atoms. The molecule has 3 N–H and O–H groups in total. The van der Waals surface area contributed by atoms with Crippen LogP contribution < -0.4 is 10.6 Å². The lowest BCUT2D eigenvalue weighted by atomic mass is 10.1. The number of rotatable bonds is 4. The summed E-state index contributed by atoms with van der Waals surface area (Å²) in [5.41, 5.74) is 8.10. The first-order chi connectivity index (χ1) is 7.33. The molecule has 0 bridgehead atoms. The van der Waals surface area contributed by atoms with Crippen molar-refractivity contribution in [2.45, 2.75) is 33.3 Å². The molecule has 1 rings (SSSR count). The topological polar surface area (TPSA) is 49.5 Å².